The fourth-order valence-corrected chi connectivity index (χ4v) is 4.66. The Labute approximate surface area is 201 Å². The summed E-state index contributed by atoms with van der Waals surface area (Å²) in [5.74, 6) is 0.813. The van der Waals surface area contributed by atoms with Gasteiger partial charge in [0.1, 0.15) is 5.58 Å². The van der Waals surface area contributed by atoms with Crippen LogP contribution in [-0.2, 0) is 6.42 Å². The van der Waals surface area contributed by atoms with Crippen LogP contribution in [0, 0.1) is 0 Å². The third-order valence-corrected chi connectivity index (χ3v) is 6.37. The van der Waals surface area contributed by atoms with Gasteiger partial charge in [0.05, 0.1) is 31.2 Å². The molecule has 0 spiro atoms. The first-order valence-electron chi connectivity index (χ1n) is 10.8. The van der Waals surface area contributed by atoms with Gasteiger partial charge in [0, 0.05) is 11.6 Å². The normalized spacial score (nSPS) is 15.0. The fourth-order valence-electron chi connectivity index (χ4n) is 4.49. The number of carbonyl (C=O) groups is 1. The molecule has 1 aliphatic heterocycles. The molecule has 0 saturated heterocycles. The second kappa shape index (κ2) is 8.88. The number of hydrogen-bond acceptors (Lipinski definition) is 5. The molecule has 0 saturated carbocycles. The number of nitrogens with zero attached hydrogens (tertiary/aromatic N) is 1. The highest BCUT2D eigenvalue weighted by atomic mass is 35.5. The summed E-state index contributed by atoms with van der Waals surface area (Å²) >= 11 is 6.15. The molecule has 1 amide bonds. The molecule has 0 radical (unpaired) electrons. The topological polar surface area (TPSA) is 69.0 Å². The first-order chi connectivity index (χ1) is 16.5. The minimum atomic E-state index is -0.634. The van der Waals surface area contributed by atoms with E-state index < -0.39 is 6.04 Å². The number of amides is 1. The number of halogens is 1. The van der Waals surface area contributed by atoms with E-state index in [1.807, 2.05) is 36.4 Å². The van der Waals surface area contributed by atoms with E-state index in [2.05, 4.69) is 0 Å². The van der Waals surface area contributed by atoms with Crippen molar-refractivity contribution in [2.24, 2.45) is 0 Å². The van der Waals surface area contributed by atoms with Crippen LogP contribution in [0.4, 0.5) is 0 Å². The van der Waals surface area contributed by atoms with Crippen LogP contribution in [-0.4, -0.2) is 31.6 Å². The zero-order valence-electron chi connectivity index (χ0n) is 18.7. The average Bonchev–Trinajstić information content (AvgIpc) is 3.15. The van der Waals surface area contributed by atoms with Crippen LogP contribution in [0.15, 0.2) is 75.9 Å². The second-order valence-corrected chi connectivity index (χ2v) is 8.50. The summed E-state index contributed by atoms with van der Waals surface area (Å²) in [6, 6.07) is 19.5. The molecule has 172 valence electrons. The van der Waals surface area contributed by atoms with Gasteiger partial charge in [-0.3, -0.25) is 9.59 Å². The van der Waals surface area contributed by atoms with Gasteiger partial charge in [0.25, 0.3) is 5.91 Å². The molecule has 0 aliphatic carbocycles. The zero-order chi connectivity index (χ0) is 23.8. The molecule has 1 aliphatic rings. The molecule has 2 heterocycles. The summed E-state index contributed by atoms with van der Waals surface area (Å²) in [7, 11) is 3.11. The smallest absolute Gasteiger partial charge is 0.290 e. The lowest BCUT2D eigenvalue weighted by molar-refractivity contribution is 0.0730. The molecule has 5 rings (SSSR count). The summed E-state index contributed by atoms with van der Waals surface area (Å²) in [4.78, 5) is 28.9. The summed E-state index contributed by atoms with van der Waals surface area (Å²) < 4.78 is 16.8. The quantitative estimate of drug-likeness (QED) is 0.381. The van der Waals surface area contributed by atoms with Crippen LogP contribution in [0.25, 0.3) is 11.0 Å². The van der Waals surface area contributed by atoms with Gasteiger partial charge in [-0.1, -0.05) is 48.0 Å². The molecule has 1 atom stereocenters. The lowest BCUT2D eigenvalue weighted by Gasteiger charge is -2.25. The second-order valence-electron chi connectivity index (χ2n) is 8.07. The number of ether oxygens (including phenoxy) is 2. The molecule has 3 aromatic carbocycles. The van der Waals surface area contributed by atoms with Gasteiger partial charge in [0.15, 0.2) is 16.9 Å². The molecular weight excluding hydrogens is 454 g/mol. The highest BCUT2D eigenvalue weighted by Gasteiger charge is 2.42. The number of methoxy groups -OCH3 is 2. The Balaban J connectivity index is 1.67. The Morgan fingerprint density at radius 3 is 2.44 bits per heavy atom. The summed E-state index contributed by atoms with van der Waals surface area (Å²) in [6.45, 7) is 0.405. The number of hydrogen-bond donors (Lipinski definition) is 0. The predicted octanol–water partition coefficient (Wildman–Crippen LogP) is 5.25. The van der Waals surface area contributed by atoms with Crippen molar-refractivity contribution in [3.63, 3.8) is 0 Å². The highest BCUT2D eigenvalue weighted by Crippen LogP contribution is 2.41. The van der Waals surface area contributed by atoms with Gasteiger partial charge >= 0.3 is 0 Å². The SMILES string of the molecule is COc1ccc([C@H]2c3c(oc4ccc(Cl)cc4c3=O)C(=O)N2CCc2ccccc2)cc1OC. The lowest BCUT2D eigenvalue weighted by Crippen LogP contribution is -2.31. The Kier molecular flexibility index (Phi) is 5.75. The van der Waals surface area contributed by atoms with Crippen LogP contribution in [0.3, 0.4) is 0 Å². The van der Waals surface area contributed by atoms with Gasteiger partial charge in [-0.05, 0) is 47.9 Å². The van der Waals surface area contributed by atoms with Crippen molar-refractivity contribution in [2.45, 2.75) is 12.5 Å². The minimum absolute atomic E-state index is 0.0627. The molecule has 4 aromatic rings. The van der Waals surface area contributed by atoms with E-state index in [-0.39, 0.29) is 17.1 Å². The Bertz CT molecular complexity index is 1450. The van der Waals surface area contributed by atoms with Gasteiger partial charge < -0.3 is 18.8 Å². The fraction of sp³-hybridized carbons (Fsp3) is 0.185. The average molecular weight is 476 g/mol. The molecule has 0 unspecified atom stereocenters. The molecule has 1 aromatic heterocycles. The van der Waals surface area contributed by atoms with Gasteiger partial charge in [-0.15, -0.1) is 0 Å². The number of carbonyl (C=O) groups excluding carboxylic acids is 1. The predicted molar refractivity (Wildman–Crippen MR) is 130 cm³/mol. The maximum Gasteiger partial charge on any atom is 0.290 e. The van der Waals surface area contributed by atoms with Crippen molar-refractivity contribution in [1.82, 2.24) is 4.90 Å². The highest BCUT2D eigenvalue weighted by molar-refractivity contribution is 6.31. The van der Waals surface area contributed by atoms with Crippen LogP contribution in [0.5, 0.6) is 11.5 Å². The first kappa shape index (κ1) is 22.0. The molecule has 0 fully saturated rings. The third kappa shape index (κ3) is 3.70. The molecular formula is C27H22ClNO5. The summed E-state index contributed by atoms with van der Waals surface area (Å²) in [6.07, 6.45) is 0.629. The van der Waals surface area contributed by atoms with Crippen molar-refractivity contribution >= 4 is 28.5 Å². The number of fused-ring (bicyclic) bond motifs is 2. The lowest BCUT2D eigenvalue weighted by atomic mass is 9.97. The van der Waals surface area contributed by atoms with E-state index in [0.29, 0.717) is 46.0 Å². The Hall–Kier alpha value is -3.77. The third-order valence-electron chi connectivity index (χ3n) is 6.14. The molecule has 0 N–H and O–H groups in total. The van der Waals surface area contributed by atoms with Crippen LogP contribution >= 0.6 is 11.6 Å². The molecule has 0 bridgehead atoms. The maximum atomic E-state index is 13.6. The number of rotatable bonds is 6. The molecule has 6 nitrogen and oxygen atoms in total. The maximum absolute atomic E-state index is 13.6. The van der Waals surface area contributed by atoms with E-state index in [0.717, 1.165) is 11.1 Å². The first-order valence-corrected chi connectivity index (χ1v) is 11.2. The minimum Gasteiger partial charge on any atom is -0.493 e. The van der Waals surface area contributed by atoms with Crippen molar-refractivity contribution < 1.29 is 18.7 Å². The van der Waals surface area contributed by atoms with Crippen molar-refractivity contribution in [1.29, 1.82) is 0 Å². The number of benzene rings is 3. The summed E-state index contributed by atoms with van der Waals surface area (Å²) in [5.41, 5.74) is 2.19. The monoisotopic (exact) mass is 475 g/mol. The largest absolute Gasteiger partial charge is 0.493 e. The van der Waals surface area contributed by atoms with Gasteiger partial charge in [0.2, 0.25) is 5.76 Å². The van der Waals surface area contributed by atoms with Crippen molar-refractivity contribution in [2.75, 3.05) is 20.8 Å². The van der Waals surface area contributed by atoms with Crippen molar-refractivity contribution in [3.8, 4) is 11.5 Å². The van der Waals surface area contributed by atoms with E-state index in [1.165, 1.54) is 0 Å². The van der Waals surface area contributed by atoms with Gasteiger partial charge in [-0.2, -0.15) is 0 Å². The van der Waals surface area contributed by atoms with E-state index >= 15 is 0 Å². The molecule has 34 heavy (non-hydrogen) atoms. The van der Waals surface area contributed by atoms with Crippen LogP contribution in [0.1, 0.15) is 33.3 Å². The van der Waals surface area contributed by atoms with Crippen LogP contribution < -0.4 is 14.9 Å². The van der Waals surface area contributed by atoms with E-state index in [4.69, 9.17) is 25.5 Å². The standard InChI is InChI=1S/C27H22ClNO5/c1-32-21-10-8-17(14-22(21)33-2)24-23-25(30)19-15-18(28)9-11-20(19)34-26(23)27(31)29(24)13-12-16-6-4-3-5-7-16/h3-11,14-15,24H,12-13H2,1-2H3/t24-/m0/s1. The van der Waals surface area contributed by atoms with E-state index in [1.54, 1.807) is 49.5 Å². The molecule has 7 heteroatoms. The Morgan fingerprint density at radius 1 is 0.941 bits per heavy atom. The van der Waals surface area contributed by atoms with E-state index in [9.17, 15) is 9.59 Å². The van der Waals surface area contributed by atoms with Crippen molar-refractivity contribution in [3.05, 3.63) is 104 Å². The van der Waals surface area contributed by atoms with Gasteiger partial charge in [-0.25, -0.2) is 0 Å². The summed E-state index contributed by atoms with van der Waals surface area (Å²) in [5, 5.41) is 0.766. The zero-order valence-corrected chi connectivity index (χ0v) is 19.5. The Morgan fingerprint density at radius 2 is 1.71 bits per heavy atom. The van der Waals surface area contributed by atoms with Crippen LogP contribution in [0.2, 0.25) is 5.02 Å².